The van der Waals surface area contributed by atoms with Crippen LogP contribution in [0.3, 0.4) is 0 Å². The van der Waals surface area contributed by atoms with Crippen molar-refractivity contribution < 1.29 is 14.6 Å². The summed E-state index contributed by atoms with van der Waals surface area (Å²) in [5.41, 5.74) is 0.686. The average molecular weight is 379 g/mol. The second-order valence-corrected chi connectivity index (χ2v) is 6.79. The summed E-state index contributed by atoms with van der Waals surface area (Å²) in [5.74, 6) is -0.246. The van der Waals surface area contributed by atoms with Gasteiger partial charge in [-0.25, -0.2) is 9.48 Å². The second-order valence-electron chi connectivity index (χ2n) is 6.79. The summed E-state index contributed by atoms with van der Waals surface area (Å²) in [6.45, 7) is 2.26. The van der Waals surface area contributed by atoms with Crippen molar-refractivity contribution in [1.29, 1.82) is 0 Å². The summed E-state index contributed by atoms with van der Waals surface area (Å²) >= 11 is 0. The van der Waals surface area contributed by atoms with E-state index in [0.29, 0.717) is 0 Å². The predicted molar refractivity (Wildman–Crippen MR) is 98.4 cm³/mol. The van der Waals surface area contributed by atoms with Gasteiger partial charge in [0.1, 0.15) is 11.9 Å². The molecule has 1 saturated carbocycles. The van der Waals surface area contributed by atoms with Crippen molar-refractivity contribution in [1.82, 2.24) is 19.9 Å². The number of hydrogen-bond donors (Lipinski definition) is 1. The van der Waals surface area contributed by atoms with E-state index >= 15 is 0 Å². The van der Waals surface area contributed by atoms with Crippen molar-refractivity contribution >= 4 is 18.4 Å². The van der Waals surface area contributed by atoms with Gasteiger partial charge in [0.05, 0.1) is 11.9 Å². The number of ether oxygens (including phenoxy) is 1. The van der Waals surface area contributed by atoms with E-state index in [9.17, 15) is 4.79 Å². The molecule has 2 fully saturated rings. The molecule has 0 spiro atoms. The highest BCUT2D eigenvalue weighted by Gasteiger charge is 2.29. The van der Waals surface area contributed by atoms with Crippen LogP contribution in [-0.2, 0) is 0 Å². The van der Waals surface area contributed by atoms with E-state index in [4.69, 9.17) is 9.84 Å². The monoisotopic (exact) mass is 378 g/mol. The fourth-order valence-corrected chi connectivity index (χ4v) is 3.47. The Hall–Kier alpha value is -2.12. The predicted octanol–water partition coefficient (Wildman–Crippen LogP) is 2.78. The number of halogens is 1. The molecule has 26 heavy (non-hydrogen) atoms. The number of carbonyl (C=O) groups is 1. The normalized spacial score (nSPS) is 18.8. The van der Waals surface area contributed by atoms with E-state index in [-0.39, 0.29) is 24.2 Å². The largest absolute Gasteiger partial charge is 0.490 e. The lowest BCUT2D eigenvalue weighted by Gasteiger charge is -2.41. The van der Waals surface area contributed by atoms with E-state index in [1.807, 2.05) is 24.3 Å². The first-order valence-corrected chi connectivity index (χ1v) is 8.86. The van der Waals surface area contributed by atoms with Crippen LogP contribution in [0.5, 0.6) is 5.75 Å². The zero-order valence-corrected chi connectivity index (χ0v) is 15.3. The smallest absolute Gasteiger partial charge is 0.358 e. The molecule has 1 aromatic carbocycles. The Morgan fingerprint density at radius 3 is 2.35 bits per heavy atom. The molecule has 140 valence electrons. The highest BCUT2D eigenvalue weighted by Crippen LogP contribution is 2.28. The van der Waals surface area contributed by atoms with E-state index in [1.165, 1.54) is 30.1 Å². The van der Waals surface area contributed by atoms with Crippen molar-refractivity contribution in [2.75, 3.05) is 13.1 Å². The zero-order valence-electron chi connectivity index (χ0n) is 14.5. The Labute approximate surface area is 158 Å². The van der Waals surface area contributed by atoms with E-state index in [1.54, 1.807) is 0 Å². The molecule has 2 heterocycles. The van der Waals surface area contributed by atoms with Gasteiger partial charge in [-0.2, -0.15) is 0 Å². The molecule has 0 atom stereocenters. The Bertz CT molecular complexity index is 737. The van der Waals surface area contributed by atoms with Gasteiger partial charge in [-0.3, -0.25) is 0 Å². The highest BCUT2D eigenvalue weighted by molar-refractivity contribution is 5.85. The van der Waals surface area contributed by atoms with Crippen LogP contribution in [0.4, 0.5) is 0 Å². The number of aromatic nitrogens is 3. The van der Waals surface area contributed by atoms with Crippen LogP contribution in [0.25, 0.3) is 5.69 Å². The summed E-state index contributed by atoms with van der Waals surface area (Å²) < 4.78 is 7.55. The summed E-state index contributed by atoms with van der Waals surface area (Å²) in [6, 6.07) is 8.34. The molecule has 0 bridgehead atoms. The van der Waals surface area contributed by atoms with Crippen LogP contribution in [0, 0.1) is 0 Å². The Balaban J connectivity index is 0.00000196. The molecule has 1 aliphatic carbocycles. The molecule has 4 rings (SSSR count). The number of hydrogen-bond acceptors (Lipinski definition) is 5. The number of carboxylic acids is 1. The number of nitrogens with zero attached hydrogens (tertiary/aromatic N) is 4. The fourth-order valence-electron chi connectivity index (χ4n) is 3.47. The van der Waals surface area contributed by atoms with Crippen molar-refractivity contribution in [2.45, 2.75) is 44.2 Å². The van der Waals surface area contributed by atoms with Gasteiger partial charge in [-0.15, -0.1) is 17.5 Å². The highest BCUT2D eigenvalue weighted by atomic mass is 35.5. The summed E-state index contributed by atoms with van der Waals surface area (Å²) in [5, 5.41) is 16.4. The van der Waals surface area contributed by atoms with Crippen LogP contribution in [0.15, 0.2) is 30.5 Å². The fraction of sp³-hybridized carbons (Fsp3) is 0.500. The third-order valence-electron chi connectivity index (χ3n) is 5.18. The molecular weight excluding hydrogens is 356 g/mol. The van der Waals surface area contributed by atoms with Crippen LogP contribution >= 0.6 is 12.4 Å². The molecule has 0 amide bonds. The molecule has 1 saturated heterocycles. The lowest BCUT2D eigenvalue weighted by atomic mass is 9.90. The maximum atomic E-state index is 10.9. The van der Waals surface area contributed by atoms with Gasteiger partial charge in [0.2, 0.25) is 0 Å². The minimum atomic E-state index is -1.08. The molecule has 2 aromatic rings. The molecule has 2 aliphatic rings. The molecule has 1 N–H and O–H groups in total. The molecular formula is C18H23ClN4O3. The number of piperidine rings is 1. The number of carboxylic acid groups (broad SMARTS) is 1. The van der Waals surface area contributed by atoms with Gasteiger partial charge in [-0.05, 0) is 49.9 Å². The van der Waals surface area contributed by atoms with Crippen molar-refractivity contribution in [2.24, 2.45) is 0 Å². The topological polar surface area (TPSA) is 80.5 Å². The zero-order chi connectivity index (χ0) is 17.2. The van der Waals surface area contributed by atoms with Gasteiger partial charge in [0.25, 0.3) is 0 Å². The first-order chi connectivity index (χ1) is 12.2. The van der Waals surface area contributed by atoms with Crippen LogP contribution < -0.4 is 4.74 Å². The third-order valence-corrected chi connectivity index (χ3v) is 5.18. The third kappa shape index (κ3) is 3.99. The first kappa shape index (κ1) is 18.7. The maximum absolute atomic E-state index is 10.9. The minimum absolute atomic E-state index is 0. The van der Waals surface area contributed by atoms with Gasteiger partial charge in [0, 0.05) is 19.1 Å². The standard InChI is InChI=1S/C18H22N4O3.ClH/c23-18(24)17-12-22(20-19-17)14-4-6-15(7-5-14)25-16-8-10-21(11-9-16)13-2-1-3-13;/h4-7,12-13,16H,1-3,8-11H2,(H,23,24);1H. The summed E-state index contributed by atoms with van der Waals surface area (Å²) in [7, 11) is 0. The quantitative estimate of drug-likeness (QED) is 0.861. The summed E-state index contributed by atoms with van der Waals surface area (Å²) in [6.07, 6.45) is 7.92. The Kier molecular flexibility index (Phi) is 5.78. The lowest BCUT2D eigenvalue weighted by Crippen LogP contribution is -2.46. The van der Waals surface area contributed by atoms with Gasteiger partial charge in [-0.1, -0.05) is 11.6 Å². The molecule has 1 aromatic heterocycles. The molecule has 1 aliphatic heterocycles. The van der Waals surface area contributed by atoms with Crippen LogP contribution in [-0.4, -0.2) is 56.2 Å². The van der Waals surface area contributed by atoms with Crippen molar-refractivity contribution in [3.05, 3.63) is 36.2 Å². The lowest BCUT2D eigenvalue weighted by molar-refractivity contribution is 0.0493. The van der Waals surface area contributed by atoms with E-state index in [2.05, 4.69) is 15.2 Å². The van der Waals surface area contributed by atoms with Crippen molar-refractivity contribution in [3.63, 3.8) is 0 Å². The van der Waals surface area contributed by atoms with Gasteiger partial charge < -0.3 is 14.7 Å². The van der Waals surface area contributed by atoms with Crippen LogP contribution in [0.1, 0.15) is 42.6 Å². The summed E-state index contributed by atoms with van der Waals surface area (Å²) in [4.78, 5) is 13.5. The Morgan fingerprint density at radius 2 is 1.81 bits per heavy atom. The van der Waals surface area contributed by atoms with E-state index < -0.39 is 5.97 Å². The molecule has 0 unspecified atom stereocenters. The Morgan fingerprint density at radius 1 is 1.12 bits per heavy atom. The second kappa shape index (κ2) is 8.05. The SMILES string of the molecule is Cl.O=C(O)c1cn(-c2ccc(OC3CCN(C4CCC4)CC3)cc2)nn1. The number of rotatable bonds is 5. The maximum Gasteiger partial charge on any atom is 0.358 e. The van der Waals surface area contributed by atoms with Crippen LogP contribution in [0.2, 0.25) is 0 Å². The average Bonchev–Trinajstić information content (AvgIpc) is 3.06. The minimum Gasteiger partial charge on any atom is -0.490 e. The number of benzene rings is 1. The number of likely N-dealkylation sites (tertiary alicyclic amines) is 1. The van der Waals surface area contributed by atoms with Crippen molar-refractivity contribution in [3.8, 4) is 11.4 Å². The molecule has 7 nitrogen and oxygen atoms in total. The van der Waals surface area contributed by atoms with Gasteiger partial charge in [0.15, 0.2) is 5.69 Å². The molecule has 0 radical (unpaired) electrons. The van der Waals surface area contributed by atoms with Gasteiger partial charge >= 0.3 is 5.97 Å². The number of aromatic carboxylic acids is 1. The molecule has 8 heteroatoms. The first-order valence-electron chi connectivity index (χ1n) is 8.86. The van der Waals surface area contributed by atoms with E-state index in [0.717, 1.165) is 43.4 Å².